The van der Waals surface area contributed by atoms with Crippen LogP contribution in [-0.2, 0) is 0 Å². The highest BCUT2D eigenvalue weighted by molar-refractivity contribution is 7.26. The predicted molar refractivity (Wildman–Crippen MR) is 256 cm³/mol. The summed E-state index contributed by atoms with van der Waals surface area (Å²) in [6.45, 7) is 0. The first-order valence-electron chi connectivity index (χ1n) is 20.1. The van der Waals surface area contributed by atoms with Crippen LogP contribution < -0.4 is 0 Å². The normalized spacial score (nSPS) is 11.7. The molecule has 5 heteroatoms. The average molecular weight is 800 g/mol. The van der Waals surface area contributed by atoms with Crippen molar-refractivity contribution >= 4 is 73.9 Å². The molecule has 280 valence electrons. The molecule has 0 aliphatic rings. The summed E-state index contributed by atoms with van der Waals surface area (Å²) in [7, 11) is 0. The van der Waals surface area contributed by atoms with Gasteiger partial charge in [0.05, 0.1) is 27.3 Å². The second-order valence-electron chi connectivity index (χ2n) is 15.1. The molecule has 8 aromatic carbocycles. The van der Waals surface area contributed by atoms with Crippen molar-refractivity contribution in [2.45, 2.75) is 0 Å². The largest absolute Gasteiger partial charge is 0.246 e. The second-order valence-corrected chi connectivity index (χ2v) is 17.2. The molecule has 4 heterocycles. The minimum absolute atomic E-state index is 0.674. The van der Waals surface area contributed by atoms with E-state index in [4.69, 9.17) is 15.0 Å². The topological polar surface area (TPSA) is 38.7 Å². The number of pyridine rings is 1. The number of nitrogens with zero attached hydrogens (tertiary/aromatic N) is 3. The van der Waals surface area contributed by atoms with Crippen LogP contribution in [0.3, 0.4) is 0 Å². The Hall–Kier alpha value is -7.31. The molecule has 4 aromatic heterocycles. The first-order chi connectivity index (χ1) is 29.7. The monoisotopic (exact) mass is 799 g/mol. The van der Waals surface area contributed by atoms with Gasteiger partial charge < -0.3 is 0 Å². The Morgan fingerprint density at radius 1 is 0.317 bits per heavy atom. The molecule has 0 radical (unpaired) electrons. The maximum Gasteiger partial charge on any atom is 0.160 e. The van der Waals surface area contributed by atoms with Crippen LogP contribution in [0.4, 0.5) is 0 Å². The van der Waals surface area contributed by atoms with Gasteiger partial charge in [0.2, 0.25) is 0 Å². The number of aromatic nitrogens is 3. The van der Waals surface area contributed by atoms with Gasteiger partial charge in [-0.15, -0.1) is 22.7 Å². The molecule has 0 atom stereocenters. The molecule has 12 rings (SSSR count). The van der Waals surface area contributed by atoms with Crippen LogP contribution in [0.15, 0.2) is 200 Å². The molecule has 0 saturated carbocycles. The Labute approximate surface area is 354 Å². The van der Waals surface area contributed by atoms with E-state index in [-0.39, 0.29) is 0 Å². The zero-order chi connectivity index (χ0) is 39.6. The smallest absolute Gasteiger partial charge is 0.160 e. The van der Waals surface area contributed by atoms with Crippen molar-refractivity contribution in [2.75, 3.05) is 0 Å². The van der Waals surface area contributed by atoms with Gasteiger partial charge in [0, 0.05) is 63.3 Å². The lowest BCUT2D eigenvalue weighted by Gasteiger charge is -2.12. The van der Waals surface area contributed by atoms with Crippen molar-refractivity contribution in [3.63, 3.8) is 0 Å². The van der Waals surface area contributed by atoms with Gasteiger partial charge in [0.15, 0.2) is 5.82 Å². The van der Waals surface area contributed by atoms with Gasteiger partial charge in [-0.3, -0.25) is 0 Å². The van der Waals surface area contributed by atoms with E-state index in [0.29, 0.717) is 5.82 Å². The van der Waals surface area contributed by atoms with Crippen molar-refractivity contribution in [3.05, 3.63) is 200 Å². The first kappa shape index (κ1) is 34.7. The summed E-state index contributed by atoms with van der Waals surface area (Å²) in [4.78, 5) is 16.0. The van der Waals surface area contributed by atoms with Gasteiger partial charge in [-0.05, 0) is 52.6 Å². The fourth-order valence-corrected chi connectivity index (χ4v) is 11.0. The molecule has 0 N–H and O–H groups in total. The molecule has 0 unspecified atom stereocenters. The van der Waals surface area contributed by atoms with Crippen molar-refractivity contribution in [2.24, 2.45) is 0 Å². The lowest BCUT2D eigenvalue weighted by molar-refractivity contribution is 1.18. The molecule has 0 fully saturated rings. The number of fused-ring (bicyclic) bond motifs is 8. The van der Waals surface area contributed by atoms with E-state index in [1.54, 1.807) is 0 Å². The van der Waals surface area contributed by atoms with Crippen LogP contribution in [0.25, 0.3) is 119 Å². The van der Waals surface area contributed by atoms with Crippen molar-refractivity contribution in [1.82, 2.24) is 15.0 Å². The number of hydrogen-bond acceptors (Lipinski definition) is 5. The van der Waals surface area contributed by atoms with E-state index in [2.05, 4.69) is 188 Å². The minimum Gasteiger partial charge on any atom is -0.246 e. The van der Waals surface area contributed by atoms with Gasteiger partial charge in [0.1, 0.15) is 0 Å². The Morgan fingerprint density at radius 2 is 0.867 bits per heavy atom. The Bertz CT molecular complexity index is 3590. The fourth-order valence-electron chi connectivity index (χ4n) is 8.57. The molecule has 0 spiro atoms. The molecule has 3 nitrogen and oxygen atoms in total. The molecule has 0 bridgehead atoms. The van der Waals surface area contributed by atoms with Crippen LogP contribution in [0, 0.1) is 0 Å². The number of rotatable bonds is 6. The third-order valence-electron chi connectivity index (χ3n) is 11.5. The second kappa shape index (κ2) is 14.2. The van der Waals surface area contributed by atoms with E-state index in [9.17, 15) is 0 Å². The van der Waals surface area contributed by atoms with Crippen molar-refractivity contribution < 1.29 is 0 Å². The molecule has 60 heavy (non-hydrogen) atoms. The number of thiophene rings is 2. The maximum absolute atomic E-state index is 5.55. The van der Waals surface area contributed by atoms with E-state index >= 15 is 0 Å². The highest BCUT2D eigenvalue weighted by atomic mass is 32.1. The zero-order valence-electron chi connectivity index (χ0n) is 32.2. The summed E-state index contributed by atoms with van der Waals surface area (Å²) in [6, 6.07) is 71.2. The highest BCUT2D eigenvalue weighted by Gasteiger charge is 2.19. The SMILES string of the molecule is c1ccc(-c2ccc(-c3cc(-c4ccccc4)nc(-c4cccc(-c5nc6cc(-c7cccc8c7sc7ccccc78)ccc6c6c5sc5ccccc56)c4)n3)cc2)cc1. The molecular formula is C55H33N3S2. The third-order valence-corrected chi connectivity index (χ3v) is 13.9. The number of hydrogen-bond donors (Lipinski definition) is 0. The average Bonchev–Trinajstić information content (AvgIpc) is 3.91. The summed E-state index contributed by atoms with van der Waals surface area (Å²) in [5.74, 6) is 0.674. The van der Waals surface area contributed by atoms with Crippen LogP contribution in [0.5, 0.6) is 0 Å². The highest BCUT2D eigenvalue weighted by Crippen LogP contribution is 2.45. The summed E-state index contributed by atoms with van der Waals surface area (Å²) < 4.78 is 5.04. The molecule has 0 saturated heterocycles. The third kappa shape index (κ3) is 5.90. The zero-order valence-corrected chi connectivity index (χ0v) is 33.8. The van der Waals surface area contributed by atoms with E-state index in [1.165, 1.54) is 62.6 Å². The lowest BCUT2D eigenvalue weighted by atomic mass is 9.98. The summed E-state index contributed by atoms with van der Waals surface area (Å²) >= 11 is 3.67. The van der Waals surface area contributed by atoms with Crippen LogP contribution in [0.1, 0.15) is 0 Å². The fraction of sp³-hybridized carbons (Fsp3) is 0. The molecule has 0 aliphatic heterocycles. The quantitative estimate of drug-likeness (QED) is 0.168. The van der Waals surface area contributed by atoms with Gasteiger partial charge in [0.25, 0.3) is 0 Å². The maximum atomic E-state index is 5.55. The molecule has 12 aromatic rings. The van der Waals surface area contributed by atoms with Crippen LogP contribution in [0.2, 0.25) is 0 Å². The van der Waals surface area contributed by atoms with Crippen molar-refractivity contribution in [1.29, 1.82) is 0 Å². The predicted octanol–water partition coefficient (Wildman–Crippen LogP) is 15.8. The Balaban J connectivity index is 1.02. The Kier molecular flexibility index (Phi) is 8.22. The molecule has 0 aliphatic carbocycles. The Morgan fingerprint density at radius 3 is 1.65 bits per heavy atom. The van der Waals surface area contributed by atoms with Crippen molar-refractivity contribution in [3.8, 4) is 67.4 Å². The number of benzene rings is 8. The van der Waals surface area contributed by atoms with Gasteiger partial charge in [-0.1, -0.05) is 170 Å². The molecule has 0 amide bonds. The minimum atomic E-state index is 0.674. The van der Waals surface area contributed by atoms with Gasteiger partial charge in [-0.2, -0.15) is 0 Å². The van der Waals surface area contributed by atoms with Gasteiger partial charge >= 0.3 is 0 Å². The van der Waals surface area contributed by atoms with E-state index in [1.807, 2.05) is 34.8 Å². The van der Waals surface area contributed by atoms with Gasteiger partial charge in [-0.25, -0.2) is 15.0 Å². The summed E-state index contributed by atoms with van der Waals surface area (Å²) in [5.41, 5.74) is 12.5. The summed E-state index contributed by atoms with van der Waals surface area (Å²) in [5, 5.41) is 6.26. The van der Waals surface area contributed by atoms with E-state index < -0.39 is 0 Å². The summed E-state index contributed by atoms with van der Waals surface area (Å²) in [6.07, 6.45) is 0. The first-order valence-corrected chi connectivity index (χ1v) is 21.7. The lowest BCUT2D eigenvalue weighted by Crippen LogP contribution is -1.96. The van der Waals surface area contributed by atoms with Crippen LogP contribution >= 0.6 is 22.7 Å². The van der Waals surface area contributed by atoms with Crippen LogP contribution in [-0.4, -0.2) is 15.0 Å². The van der Waals surface area contributed by atoms with E-state index in [0.717, 1.165) is 50.2 Å². The standard InChI is InChI=1S/C55H33N3S2/c1-3-13-34(14-4-1)35-25-27-37(28-26-35)47-33-46(36-15-5-2-6-16-36)57-55(58-47)40-18-11-17-39(31-40)52-54-51(45-20-8-10-24-50(45)60-54)44-30-29-38(32-48(44)56-52)41-21-12-22-43-42-19-7-9-23-49(42)59-53(41)43/h1-33H. The molecular weight excluding hydrogens is 767 g/mol.